The van der Waals surface area contributed by atoms with Crippen LogP contribution in [0.5, 0.6) is 0 Å². The number of anilines is 1. The van der Waals surface area contributed by atoms with Gasteiger partial charge in [0.15, 0.2) is 0 Å². The zero-order chi connectivity index (χ0) is 14.7. The summed E-state index contributed by atoms with van der Waals surface area (Å²) in [5.74, 6) is 0.539. The van der Waals surface area contributed by atoms with Gasteiger partial charge >= 0.3 is 0 Å². The van der Waals surface area contributed by atoms with Crippen LogP contribution in [0.2, 0.25) is 0 Å². The molecule has 2 aromatic rings. The van der Waals surface area contributed by atoms with Crippen LogP contribution in [-0.2, 0) is 6.54 Å². The maximum absolute atomic E-state index is 13.6. The number of hydrogen-bond donors (Lipinski definition) is 0. The van der Waals surface area contributed by atoms with Crippen LogP contribution in [0, 0.1) is 12.7 Å². The maximum Gasteiger partial charge on any atom is 0.225 e. The van der Waals surface area contributed by atoms with Gasteiger partial charge in [-0.2, -0.15) is 0 Å². The summed E-state index contributed by atoms with van der Waals surface area (Å²) in [7, 11) is 0. The quantitative estimate of drug-likeness (QED) is 0.859. The van der Waals surface area contributed by atoms with E-state index in [1.54, 1.807) is 12.3 Å². The largest absolute Gasteiger partial charge is 0.338 e. The van der Waals surface area contributed by atoms with Crippen LogP contribution in [0.25, 0.3) is 0 Å². The summed E-state index contributed by atoms with van der Waals surface area (Å²) in [6, 6.07) is 1.74. The highest BCUT2D eigenvalue weighted by atomic mass is 19.1. The van der Waals surface area contributed by atoms with Crippen molar-refractivity contribution in [1.29, 1.82) is 0 Å². The zero-order valence-electron chi connectivity index (χ0n) is 12.0. The van der Waals surface area contributed by atoms with E-state index in [9.17, 15) is 4.39 Å². The molecule has 5 nitrogen and oxygen atoms in total. The average Bonchev–Trinajstić information content (AvgIpc) is 2.51. The summed E-state index contributed by atoms with van der Waals surface area (Å²) in [6.07, 6.45) is 6.57. The fourth-order valence-corrected chi connectivity index (χ4v) is 2.43. The highest BCUT2D eigenvalue weighted by Crippen LogP contribution is 2.14. The van der Waals surface area contributed by atoms with E-state index >= 15 is 0 Å². The van der Waals surface area contributed by atoms with E-state index in [0.717, 1.165) is 37.7 Å². The first kappa shape index (κ1) is 13.9. The Morgan fingerprint density at radius 2 is 1.81 bits per heavy atom. The third kappa shape index (κ3) is 3.33. The highest BCUT2D eigenvalue weighted by molar-refractivity contribution is 5.30. The Kier molecular flexibility index (Phi) is 4.06. The summed E-state index contributed by atoms with van der Waals surface area (Å²) >= 11 is 0. The minimum atomic E-state index is -0.234. The summed E-state index contributed by atoms with van der Waals surface area (Å²) in [5, 5.41) is 0. The van der Waals surface area contributed by atoms with Gasteiger partial charge in [0, 0.05) is 56.9 Å². The van der Waals surface area contributed by atoms with E-state index in [4.69, 9.17) is 0 Å². The summed E-state index contributed by atoms with van der Waals surface area (Å²) < 4.78 is 13.6. The van der Waals surface area contributed by atoms with Crippen LogP contribution in [-0.4, -0.2) is 46.0 Å². The van der Waals surface area contributed by atoms with Gasteiger partial charge in [0.2, 0.25) is 5.95 Å². The second-order valence-corrected chi connectivity index (χ2v) is 5.29. The van der Waals surface area contributed by atoms with Gasteiger partial charge in [0.25, 0.3) is 0 Å². The van der Waals surface area contributed by atoms with Crippen LogP contribution in [0.1, 0.15) is 11.1 Å². The fourth-order valence-electron chi connectivity index (χ4n) is 2.43. The van der Waals surface area contributed by atoms with Crippen LogP contribution < -0.4 is 4.90 Å². The first-order chi connectivity index (χ1) is 10.2. The lowest BCUT2D eigenvalue weighted by Crippen LogP contribution is -2.46. The molecule has 0 aliphatic carbocycles. The molecule has 0 saturated carbocycles. The Morgan fingerprint density at radius 1 is 1.10 bits per heavy atom. The normalized spacial score (nSPS) is 16.2. The van der Waals surface area contributed by atoms with Gasteiger partial charge in [0.05, 0.1) is 6.20 Å². The van der Waals surface area contributed by atoms with Gasteiger partial charge in [-0.25, -0.2) is 14.4 Å². The van der Waals surface area contributed by atoms with E-state index in [2.05, 4.69) is 24.8 Å². The van der Waals surface area contributed by atoms with Crippen molar-refractivity contribution in [2.45, 2.75) is 13.5 Å². The molecule has 0 spiro atoms. The maximum atomic E-state index is 13.6. The van der Waals surface area contributed by atoms with E-state index in [0.29, 0.717) is 12.1 Å². The lowest BCUT2D eigenvalue weighted by Gasteiger charge is -2.34. The molecule has 0 amide bonds. The Bertz CT molecular complexity index is 593. The molecule has 0 bridgehead atoms. The first-order valence-corrected chi connectivity index (χ1v) is 7.07. The zero-order valence-corrected chi connectivity index (χ0v) is 12.0. The van der Waals surface area contributed by atoms with Crippen molar-refractivity contribution < 1.29 is 4.39 Å². The minimum absolute atomic E-state index is 0.234. The number of pyridine rings is 1. The van der Waals surface area contributed by atoms with Gasteiger partial charge in [-0.1, -0.05) is 0 Å². The van der Waals surface area contributed by atoms with E-state index in [1.165, 1.54) is 6.20 Å². The summed E-state index contributed by atoms with van der Waals surface area (Å²) in [4.78, 5) is 16.9. The smallest absolute Gasteiger partial charge is 0.225 e. The Hall–Kier alpha value is -2.08. The second-order valence-electron chi connectivity index (χ2n) is 5.29. The Labute approximate surface area is 123 Å². The topological polar surface area (TPSA) is 45.2 Å². The molecule has 21 heavy (non-hydrogen) atoms. The number of nitrogens with zero attached hydrogens (tertiary/aromatic N) is 5. The van der Waals surface area contributed by atoms with E-state index < -0.39 is 0 Å². The number of piperazine rings is 1. The van der Waals surface area contributed by atoms with Crippen LogP contribution in [0.15, 0.2) is 30.9 Å². The molecule has 0 radical (unpaired) electrons. The van der Waals surface area contributed by atoms with Crippen molar-refractivity contribution in [3.63, 3.8) is 0 Å². The van der Waals surface area contributed by atoms with Gasteiger partial charge in [0.1, 0.15) is 5.82 Å². The van der Waals surface area contributed by atoms with Gasteiger partial charge in [-0.05, 0) is 18.6 Å². The van der Waals surface area contributed by atoms with Crippen LogP contribution in [0.3, 0.4) is 0 Å². The molecule has 1 aliphatic heterocycles. The SMILES string of the molecule is Cc1cnc(N2CCN(Cc3ccncc3F)CC2)nc1. The molecule has 1 fully saturated rings. The average molecular weight is 287 g/mol. The lowest BCUT2D eigenvalue weighted by molar-refractivity contribution is 0.245. The van der Waals surface area contributed by atoms with Crippen molar-refractivity contribution in [3.8, 4) is 0 Å². The molecular formula is C15H18FN5. The molecule has 0 atom stereocenters. The first-order valence-electron chi connectivity index (χ1n) is 7.07. The Balaban J connectivity index is 1.58. The monoisotopic (exact) mass is 287 g/mol. The minimum Gasteiger partial charge on any atom is -0.338 e. The van der Waals surface area contributed by atoms with E-state index in [-0.39, 0.29) is 5.82 Å². The number of hydrogen-bond acceptors (Lipinski definition) is 5. The standard InChI is InChI=1S/C15H18FN5/c1-12-8-18-15(19-9-12)21-6-4-20(5-7-21)11-13-2-3-17-10-14(13)16/h2-3,8-10H,4-7,11H2,1H3. The summed E-state index contributed by atoms with van der Waals surface area (Å²) in [5.41, 5.74) is 1.76. The van der Waals surface area contributed by atoms with Crippen molar-refractivity contribution in [1.82, 2.24) is 19.9 Å². The number of halogens is 1. The van der Waals surface area contributed by atoms with Gasteiger partial charge < -0.3 is 4.90 Å². The number of aryl methyl sites for hydroxylation is 1. The molecule has 6 heteroatoms. The van der Waals surface area contributed by atoms with Crippen molar-refractivity contribution >= 4 is 5.95 Å². The molecule has 0 aromatic carbocycles. The highest BCUT2D eigenvalue weighted by Gasteiger charge is 2.19. The second kappa shape index (κ2) is 6.13. The summed E-state index contributed by atoms with van der Waals surface area (Å²) in [6.45, 7) is 6.06. The third-order valence-corrected chi connectivity index (χ3v) is 3.67. The number of aromatic nitrogens is 3. The molecule has 3 heterocycles. The molecule has 1 saturated heterocycles. The molecular weight excluding hydrogens is 269 g/mol. The third-order valence-electron chi connectivity index (χ3n) is 3.67. The lowest BCUT2D eigenvalue weighted by atomic mass is 10.2. The molecule has 0 N–H and O–H groups in total. The van der Waals surface area contributed by atoms with Crippen LogP contribution >= 0.6 is 0 Å². The van der Waals surface area contributed by atoms with Crippen molar-refractivity contribution in [2.75, 3.05) is 31.1 Å². The van der Waals surface area contributed by atoms with Crippen molar-refractivity contribution in [2.24, 2.45) is 0 Å². The predicted molar refractivity (Wildman–Crippen MR) is 78.5 cm³/mol. The van der Waals surface area contributed by atoms with Crippen LogP contribution in [0.4, 0.5) is 10.3 Å². The van der Waals surface area contributed by atoms with E-state index in [1.807, 2.05) is 19.3 Å². The molecule has 0 unspecified atom stereocenters. The van der Waals surface area contributed by atoms with Crippen molar-refractivity contribution in [3.05, 3.63) is 47.8 Å². The Morgan fingerprint density at radius 3 is 2.48 bits per heavy atom. The van der Waals surface area contributed by atoms with Gasteiger partial charge in [-0.3, -0.25) is 9.88 Å². The fraction of sp³-hybridized carbons (Fsp3) is 0.400. The number of rotatable bonds is 3. The molecule has 2 aromatic heterocycles. The predicted octanol–water partition coefficient (Wildman–Crippen LogP) is 1.64. The molecule has 1 aliphatic rings. The molecule has 110 valence electrons. The van der Waals surface area contributed by atoms with Gasteiger partial charge in [-0.15, -0.1) is 0 Å². The molecule has 3 rings (SSSR count).